The second-order valence-electron chi connectivity index (χ2n) is 7.33. The largest absolute Gasteiger partial charge is 0.389 e. The molecule has 2 N–H and O–H groups in total. The van der Waals surface area contributed by atoms with E-state index in [0.717, 1.165) is 22.0 Å². The Balaban J connectivity index is 1.57. The van der Waals surface area contributed by atoms with E-state index in [1.165, 1.54) is 0 Å². The molecule has 2 aromatic carbocycles. The number of anilines is 2. The van der Waals surface area contributed by atoms with E-state index < -0.39 is 6.10 Å². The molecule has 0 amide bonds. The fourth-order valence-electron chi connectivity index (χ4n) is 4.10. The smallest absolute Gasteiger partial charge is 0.0887 e. The molecule has 1 aliphatic heterocycles. The normalized spacial score (nSPS) is 24.2. The molecule has 0 bridgehead atoms. The summed E-state index contributed by atoms with van der Waals surface area (Å²) in [5.41, 5.74) is 2.98. The summed E-state index contributed by atoms with van der Waals surface area (Å²) in [6.07, 6.45) is 5.62. The molecular formula is C22H22Cl2N2O. The van der Waals surface area contributed by atoms with E-state index in [-0.39, 0.29) is 11.5 Å². The number of β-amino-alcohol motifs (C(OH)–C–C–N with tert-alkyl or cyclic N) is 1. The lowest BCUT2D eigenvalue weighted by Crippen LogP contribution is -2.46. The van der Waals surface area contributed by atoms with Crippen molar-refractivity contribution in [3.63, 3.8) is 0 Å². The number of halogens is 2. The van der Waals surface area contributed by atoms with Crippen molar-refractivity contribution in [2.45, 2.75) is 24.5 Å². The Morgan fingerprint density at radius 2 is 1.96 bits per heavy atom. The molecule has 27 heavy (non-hydrogen) atoms. The van der Waals surface area contributed by atoms with E-state index >= 15 is 0 Å². The average Bonchev–Trinajstić information content (AvgIpc) is 2.88. The molecule has 3 unspecified atom stereocenters. The van der Waals surface area contributed by atoms with Crippen molar-refractivity contribution in [2.24, 2.45) is 0 Å². The summed E-state index contributed by atoms with van der Waals surface area (Å²) in [5.74, 6) is 0. The third-order valence-electron chi connectivity index (χ3n) is 5.40. The molecule has 2 aromatic rings. The Hall–Kier alpha value is -1.94. The number of fused-ring (bicyclic) bond motifs is 3. The first kappa shape index (κ1) is 18.4. The van der Waals surface area contributed by atoms with Gasteiger partial charge in [0.25, 0.3) is 0 Å². The number of hydrogen-bond donors (Lipinski definition) is 2. The van der Waals surface area contributed by atoms with Crippen LogP contribution in [0.25, 0.3) is 0 Å². The summed E-state index contributed by atoms with van der Waals surface area (Å²) in [6, 6.07) is 16.0. The molecule has 1 heterocycles. The first-order valence-corrected chi connectivity index (χ1v) is 9.83. The molecule has 4 rings (SSSR count). The van der Waals surface area contributed by atoms with Gasteiger partial charge in [0.2, 0.25) is 0 Å². The van der Waals surface area contributed by atoms with Gasteiger partial charge in [-0.3, -0.25) is 0 Å². The van der Waals surface area contributed by atoms with Crippen LogP contribution in [0.3, 0.4) is 0 Å². The topological polar surface area (TPSA) is 35.5 Å². The second-order valence-corrected chi connectivity index (χ2v) is 8.20. The lowest BCUT2D eigenvalue weighted by atomic mass is 9.76. The molecule has 0 spiro atoms. The zero-order valence-electron chi connectivity index (χ0n) is 15.1. The van der Waals surface area contributed by atoms with Crippen molar-refractivity contribution < 1.29 is 5.11 Å². The van der Waals surface area contributed by atoms with Crippen molar-refractivity contribution in [3.8, 4) is 0 Å². The number of aliphatic hydroxyl groups is 1. The highest BCUT2D eigenvalue weighted by Crippen LogP contribution is 2.50. The Morgan fingerprint density at radius 1 is 1.19 bits per heavy atom. The summed E-state index contributed by atoms with van der Waals surface area (Å²) in [6.45, 7) is 3.17. The van der Waals surface area contributed by atoms with Crippen molar-refractivity contribution in [2.75, 3.05) is 23.3 Å². The van der Waals surface area contributed by atoms with Gasteiger partial charge in [-0.2, -0.15) is 0 Å². The van der Waals surface area contributed by atoms with Crippen LogP contribution in [0.1, 0.15) is 12.5 Å². The second kappa shape index (κ2) is 7.23. The number of nitrogens with zero attached hydrogens (tertiary/aromatic N) is 1. The Morgan fingerprint density at radius 3 is 2.74 bits per heavy atom. The van der Waals surface area contributed by atoms with E-state index in [9.17, 15) is 5.11 Å². The first-order chi connectivity index (χ1) is 13.0. The van der Waals surface area contributed by atoms with Gasteiger partial charge in [0, 0.05) is 39.9 Å². The van der Waals surface area contributed by atoms with Gasteiger partial charge in [0.15, 0.2) is 0 Å². The van der Waals surface area contributed by atoms with Crippen LogP contribution in [0.5, 0.6) is 0 Å². The molecule has 2 aliphatic rings. The van der Waals surface area contributed by atoms with Crippen LogP contribution in [0.2, 0.25) is 5.02 Å². The summed E-state index contributed by atoms with van der Waals surface area (Å²) in [4.78, 5) is 2.25. The van der Waals surface area contributed by atoms with Crippen molar-refractivity contribution in [1.29, 1.82) is 0 Å². The highest BCUT2D eigenvalue weighted by molar-refractivity contribution is 6.31. The van der Waals surface area contributed by atoms with E-state index in [0.29, 0.717) is 18.1 Å². The molecule has 140 valence electrons. The summed E-state index contributed by atoms with van der Waals surface area (Å²) in [7, 11) is 0. The minimum Gasteiger partial charge on any atom is -0.389 e. The number of nitrogens with one attached hydrogen (secondary N) is 1. The van der Waals surface area contributed by atoms with Crippen LogP contribution < -0.4 is 10.2 Å². The quantitative estimate of drug-likeness (QED) is 0.744. The van der Waals surface area contributed by atoms with Gasteiger partial charge < -0.3 is 15.3 Å². The monoisotopic (exact) mass is 400 g/mol. The Kier molecular flexibility index (Phi) is 4.94. The van der Waals surface area contributed by atoms with Crippen molar-refractivity contribution in [1.82, 2.24) is 0 Å². The number of aliphatic hydroxyl groups excluding tert-OH is 1. The minimum atomic E-state index is -0.522. The van der Waals surface area contributed by atoms with Crippen LogP contribution >= 0.6 is 23.2 Å². The van der Waals surface area contributed by atoms with Crippen molar-refractivity contribution >= 4 is 34.6 Å². The molecule has 0 fully saturated rings. The van der Waals surface area contributed by atoms with Crippen LogP contribution in [-0.4, -0.2) is 30.3 Å². The van der Waals surface area contributed by atoms with E-state index in [2.05, 4.69) is 29.3 Å². The third kappa shape index (κ3) is 3.47. The van der Waals surface area contributed by atoms with Gasteiger partial charge in [-0.05, 0) is 48.9 Å². The van der Waals surface area contributed by atoms with Gasteiger partial charge in [0.05, 0.1) is 12.1 Å². The van der Waals surface area contributed by atoms with Gasteiger partial charge in [-0.15, -0.1) is 0 Å². The van der Waals surface area contributed by atoms with Crippen LogP contribution in [-0.2, 0) is 5.41 Å². The average molecular weight is 401 g/mol. The maximum Gasteiger partial charge on any atom is 0.0887 e. The van der Waals surface area contributed by atoms with Crippen LogP contribution in [0, 0.1) is 0 Å². The number of hydrogen-bond acceptors (Lipinski definition) is 3. The summed E-state index contributed by atoms with van der Waals surface area (Å²) < 4.78 is 0. The molecular weight excluding hydrogens is 379 g/mol. The van der Waals surface area contributed by atoms with Gasteiger partial charge in [-0.1, -0.05) is 53.6 Å². The molecule has 3 nitrogen and oxygen atoms in total. The zero-order chi connectivity index (χ0) is 19.0. The molecule has 0 saturated carbocycles. The number of benzene rings is 2. The van der Waals surface area contributed by atoms with Gasteiger partial charge in [0.1, 0.15) is 0 Å². The molecule has 0 aromatic heterocycles. The standard InChI is InChI=1S/C22H22Cl2N2O/c1-22-12-16(24)8-10-21(22)26(20-9-7-15(23)11-19(20)22)14-18(27)13-25-17-5-3-2-4-6-17/h2-12,18,21,25,27H,13-14H2,1H3. The molecule has 1 aliphatic carbocycles. The van der Waals surface area contributed by atoms with Gasteiger partial charge in [-0.25, -0.2) is 0 Å². The summed E-state index contributed by atoms with van der Waals surface area (Å²) >= 11 is 12.6. The maximum atomic E-state index is 10.7. The van der Waals surface area contributed by atoms with Crippen molar-refractivity contribution in [3.05, 3.63) is 82.4 Å². The molecule has 5 heteroatoms. The SMILES string of the molecule is CC12C=C(Cl)C=CC1N(CC(O)CNc1ccccc1)c1ccc(Cl)cc12. The van der Waals surface area contributed by atoms with Crippen LogP contribution in [0.4, 0.5) is 11.4 Å². The van der Waals surface area contributed by atoms with Crippen LogP contribution in [0.15, 0.2) is 71.8 Å². The highest BCUT2D eigenvalue weighted by Gasteiger charge is 2.46. The minimum absolute atomic E-state index is 0.0971. The van der Waals surface area contributed by atoms with E-state index in [4.69, 9.17) is 23.2 Å². The zero-order valence-corrected chi connectivity index (χ0v) is 16.6. The number of rotatable bonds is 5. The predicted molar refractivity (Wildman–Crippen MR) is 114 cm³/mol. The lowest BCUT2D eigenvalue weighted by Gasteiger charge is -2.36. The fraction of sp³-hybridized carbons (Fsp3) is 0.273. The first-order valence-electron chi connectivity index (χ1n) is 9.07. The molecule has 3 atom stereocenters. The van der Waals surface area contributed by atoms with Gasteiger partial charge >= 0.3 is 0 Å². The number of para-hydroxylation sites is 1. The van der Waals surface area contributed by atoms with E-state index in [1.54, 1.807) is 0 Å². The molecule has 0 radical (unpaired) electrons. The number of allylic oxidation sites excluding steroid dienone is 2. The Bertz CT molecular complexity index is 896. The molecule has 0 saturated heterocycles. The Labute approximate surface area is 169 Å². The predicted octanol–water partition coefficient (Wildman–Crippen LogP) is 4.95. The fourth-order valence-corrected chi connectivity index (χ4v) is 4.57. The maximum absolute atomic E-state index is 10.7. The summed E-state index contributed by atoms with van der Waals surface area (Å²) in [5, 5.41) is 15.4. The highest BCUT2D eigenvalue weighted by atomic mass is 35.5. The van der Waals surface area contributed by atoms with E-state index in [1.807, 2.05) is 54.6 Å². The third-order valence-corrected chi connectivity index (χ3v) is 5.87. The lowest BCUT2D eigenvalue weighted by molar-refractivity contribution is 0.190.